The summed E-state index contributed by atoms with van der Waals surface area (Å²) in [5, 5.41) is 18.8. The summed E-state index contributed by atoms with van der Waals surface area (Å²) in [5.41, 5.74) is 2.47. The molecule has 1 saturated heterocycles. The number of fused-ring (bicyclic) bond motifs is 2. The van der Waals surface area contributed by atoms with Crippen LogP contribution in [0.1, 0.15) is 72.4 Å². The zero-order valence-electron chi connectivity index (χ0n) is 24.7. The smallest absolute Gasteiger partial charge is 0.273 e. The maximum absolute atomic E-state index is 16.2. The Labute approximate surface area is 247 Å². The van der Waals surface area contributed by atoms with E-state index >= 15 is 4.39 Å². The molecule has 0 spiro atoms. The van der Waals surface area contributed by atoms with E-state index in [1.807, 2.05) is 44.5 Å². The number of aryl methyl sites for hydroxylation is 2. The number of pyridine rings is 3. The highest BCUT2D eigenvalue weighted by atomic mass is 19.1. The van der Waals surface area contributed by atoms with E-state index in [1.54, 1.807) is 18.5 Å². The topological polar surface area (TPSA) is 124 Å². The van der Waals surface area contributed by atoms with Crippen molar-refractivity contribution >= 4 is 27.8 Å². The fourth-order valence-electron chi connectivity index (χ4n) is 5.96. The lowest BCUT2D eigenvalue weighted by molar-refractivity contribution is -0.0366. The molecule has 11 heteroatoms. The van der Waals surface area contributed by atoms with Crippen molar-refractivity contribution in [2.45, 2.75) is 59.1 Å². The molecule has 1 amide bonds. The first kappa shape index (κ1) is 28.5. The van der Waals surface area contributed by atoms with Crippen LogP contribution in [0.15, 0.2) is 41.5 Å². The van der Waals surface area contributed by atoms with Gasteiger partial charge in [0.2, 0.25) is 0 Å². The summed E-state index contributed by atoms with van der Waals surface area (Å²) in [5.74, 6) is -2.26. The summed E-state index contributed by atoms with van der Waals surface area (Å²) < 4.78 is 25.2. The van der Waals surface area contributed by atoms with Crippen LogP contribution < -0.4 is 10.9 Å². The molecule has 1 aliphatic heterocycles. The third-order valence-electron chi connectivity index (χ3n) is 8.11. The highest BCUT2D eigenvalue weighted by Gasteiger charge is 2.28. The van der Waals surface area contributed by atoms with Gasteiger partial charge >= 0.3 is 0 Å². The van der Waals surface area contributed by atoms with E-state index < -0.39 is 28.6 Å². The van der Waals surface area contributed by atoms with E-state index in [0.717, 1.165) is 36.4 Å². The van der Waals surface area contributed by atoms with E-state index in [4.69, 9.17) is 9.72 Å². The Bertz CT molecular complexity index is 1970. The van der Waals surface area contributed by atoms with Crippen molar-refractivity contribution in [3.8, 4) is 22.7 Å². The number of aromatic hydroxyl groups is 1. The molecule has 0 radical (unpaired) electrons. The van der Waals surface area contributed by atoms with Crippen LogP contribution in [0.5, 0.6) is 5.75 Å². The van der Waals surface area contributed by atoms with Crippen molar-refractivity contribution in [3.63, 3.8) is 0 Å². The predicted molar refractivity (Wildman–Crippen MR) is 161 cm³/mol. The van der Waals surface area contributed by atoms with Crippen molar-refractivity contribution in [2.24, 2.45) is 0 Å². The molecule has 1 aromatic carbocycles. The van der Waals surface area contributed by atoms with E-state index in [-0.39, 0.29) is 28.9 Å². The third-order valence-corrected chi connectivity index (χ3v) is 8.11. The van der Waals surface area contributed by atoms with Gasteiger partial charge in [-0.05, 0) is 68.4 Å². The van der Waals surface area contributed by atoms with E-state index in [2.05, 4.69) is 15.4 Å². The lowest BCUT2D eigenvalue weighted by Gasteiger charge is -2.23. The second-order valence-corrected chi connectivity index (χ2v) is 11.3. The molecule has 5 aromatic rings. The molecule has 4 aromatic heterocycles. The van der Waals surface area contributed by atoms with Crippen LogP contribution in [0.25, 0.3) is 38.9 Å². The van der Waals surface area contributed by atoms with E-state index in [0.29, 0.717) is 34.5 Å². The minimum Gasteiger partial charge on any atom is -0.506 e. The Kier molecular flexibility index (Phi) is 7.21. The molecule has 0 bridgehead atoms. The minimum atomic E-state index is -0.798. The largest absolute Gasteiger partial charge is 0.506 e. The average Bonchev–Trinajstić information content (AvgIpc) is 3.42. The highest BCUT2D eigenvalue weighted by Crippen LogP contribution is 2.38. The van der Waals surface area contributed by atoms with Gasteiger partial charge in [0.1, 0.15) is 22.8 Å². The molecule has 43 heavy (non-hydrogen) atoms. The van der Waals surface area contributed by atoms with Gasteiger partial charge in [-0.2, -0.15) is 5.10 Å². The SMILES string of the molecule is CNC(=O)c1c(O)c2cc(F)c(-c3c(C)ccc4c3cnn4C3CCCCO3)nc2n(-c2c(C)ccnc2C(C)C)c1=O. The maximum Gasteiger partial charge on any atom is 0.273 e. The summed E-state index contributed by atoms with van der Waals surface area (Å²) >= 11 is 0. The van der Waals surface area contributed by atoms with Crippen LogP contribution in [0.2, 0.25) is 0 Å². The Balaban J connectivity index is 1.71. The molecule has 1 atom stereocenters. The zero-order valence-corrected chi connectivity index (χ0v) is 24.7. The zero-order chi connectivity index (χ0) is 30.6. The monoisotopic (exact) mass is 584 g/mol. The molecule has 0 saturated carbocycles. The fourth-order valence-corrected chi connectivity index (χ4v) is 5.96. The molecule has 222 valence electrons. The summed E-state index contributed by atoms with van der Waals surface area (Å²) in [4.78, 5) is 36.2. The lowest BCUT2D eigenvalue weighted by atomic mass is 9.99. The van der Waals surface area contributed by atoms with Crippen molar-refractivity contribution in [1.82, 2.24) is 29.6 Å². The number of benzene rings is 1. The van der Waals surface area contributed by atoms with Gasteiger partial charge in [0.25, 0.3) is 11.5 Å². The summed E-state index contributed by atoms with van der Waals surface area (Å²) in [6, 6.07) is 6.70. The molecular formula is C32H33FN6O4. The number of ether oxygens (including phenoxy) is 1. The number of carbonyl (C=O) groups excluding carboxylic acids is 1. The second kappa shape index (κ2) is 10.9. The number of rotatable bonds is 5. The van der Waals surface area contributed by atoms with Gasteiger partial charge in [0, 0.05) is 30.8 Å². The van der Waals surface area contributed by atoms with Gasteiger partial charge in [-0.3, -0.25) is 19.1 Å². The summed E-state index contributed by atoms with van der Waals surface area (Å²) in [7, 11) is 1.36. The second-order valence-electron chi connectivity index (χ2n) is 11.3. The molecule has 1 unspecified atom stereocenters. The van der Waals surface area contributed by atoms with Crippen molar-refractivity contribution in [3.05, 3.63) is 75.2 Å². The number of aromatic nitrogens is 5. The quantitative estimate of drug-likeness (QED) is 0.282. The number of amides is 1. The number of carbonyl (C=O) groups is 1. The summed E-state index contributed by atoms with van der Waals surface area (Å²) in [6.07, 6.45) is 5.96. The highest BCUT2D eigenvalue weighted by molar-refractivity contribution is 6.03. The molecular weight excluding hydrogens is 551 g/mol. The Morgan fingerprint density at radius 1 is 1.16 bits per heavy atom. The summed E-state index contributed by atoms with van der Waals surface area (Å²) in [6.45, 7) is 8.21. The molecule has 1 aliphatic rings. The lowest BCUT2D eigenvalue weighted by Crippen LogP contribution is -2.32. The standard InChI is InChI=1S/C32H33FN6O4/c1-16(2)26-28(18(4)11-12-35-26)38-30-19(29(40)25(32(38)42)31(41)34-5)14-21(33)27(37-30)24-17(3)9-10-22-20(24)15-36-39(22)23-8-6-7-13-43-23/h9-12,14-16,23,40H,6-8,13H2,1-5H3,(H,34,41). The molecule has 5 heterocycles. The third kappa shape index (κ3) is 4.55. The first-order valence-electron chi connectivity index (χ1n) is 14.4. The van der Waals surface area contributed by atoms with Gasteiger partial charge in [-0.1, -0.05) is 19.9 Å². The van der Waals surface area contributed by atoms with Gasteiger partial charge in [0.15, 0.2) is 11.9 Å². The van der Waals surface area contributed by atoms with E-state index in [9.17, 15) is 14.7 Å². The molecule has 6 rings (SSSR count). The number of halogens is 1. The maximum atomic E-state index is 16.2. The number of nitrogens with zero attached hydrogens (tertiary/aromatic N) is 5. The molecule has 2 N–H and O–H groups in total. The van der Waals surface area contributed by atoms with Gasteiger partial charge in [-0.15, -0.1) is 0 Å². The van der Waals surface area contributed by atoms with Gasteiger partial charge in [-0.25, -0.2) is 14.1 Å². The van der Waals surface area contributed by atoms with Crippen LogP contribution >= 0.6 is 0 Å². The van der Waals surface area contributed by atoms with Crippen molar-refractivity contribution < 1.29 is 19.0 Å². The first-order valence-corrected chi connectivity index (χ1v) is 14.4. The predicted octanol–water partition coefficient (Wildman–Crippen LogP) is 5.44. The van der Waals surface area contributed by atoms with Crippen molar-refractivity contribution in [2.75, 3.05) is 13.7 Å². The Morgan fingerprint density at radius 2 is 1.95 bits per heavy atom. The Morgan fingerprint density at radius 3 is 2.65 bits per heavy atom. The minimum absolute atomic E-state index is 0.00367. The number of hydrogen-bond donors (Lipinski definition) is 2. The van der Waals surface area contributed by atoms with Gasteiger partial charge < -0.3 is 15.2 Å². The molecule has 0 aliphatic carbocycles. The van der Waals surface area contributed by atoms with Crippen LogP contribution in [0, 0.1) is 19.7 Å². The van der Waals surface area contributed by atoms with Crippen LogP contribution in [-0.2, 0) is 4.74 Å². The normalized spacial score (nSPS) is 15.5. The van der Waals surface area contributed by atoms with Gasteiger partial charge in [0.05, 0.1) is 28.5 Å². The number of hydrogen-bond acceptors (Lipinski definition) is 7. The Hall–Kier alpha value is -4.64. The van der Waals surface area contributed by atoms with E-state index in [1.165, 1.54) is 11.6 Å². The number of nitrogens with one attached hydrogen (secondary N) is 1. The average molecular weight is 585 g/mol. The van der Waals surface area contributed by atoms with Crippen LogP contribution in [-0.4, -0.2) is 49.0 Å². The van der Waals surface area contributed by atoms with Crippen molar-refractivity contribution in [1.29, 1.82) is 0 Å². The molecule has 1 fully saturated rings. The molecule has 10 nitrogen and oxygen atoms in total. The fraction of sp³-hybridized carbons (Fsp3) is 0.344. The van der Waals surface area contributed by atoms with Crippen LogP contribution in [0.4, 0.5) is 4.39 Å². The van der Waals surface area contributed by atoms with Crippen LogP contribution in [0.3, 0.4) is 0 Å². The first-order chi connectivity index (χ1) is 20.6.